The number of piperidine rings is 1. The monoisotopic (exact) mass is 480 g/mol. The van der Waals surface area contributed by atoms with Crippen LogP contribution in [-0.4, -0.2) is 72.0 Å². The standard InChI is InChI=1S/C24H37N3O5S/c1-24(2,3)32-22(29)26-20(13-16-33(4)5)21(28)25-19-11-14-27(15-12-19)23(30)31-17-18-9-7-6-8-10-18/h6-10,19-20H,11-17H2,1-5H3,(H-,25,26,28,29)/p+1. The van der Waals surface area contributed by atoms with E-state index in [0.717, 1.165) is 11.3 Å². The number of carbonyl (C=O) groups excluding carboxylic acids is 3. The van der Waals surface area contributed by atoms with Gasteiger partial charge in [0.05, 0.1) is 12.5 Å². The molecule has 33 heavy (non-hydrogen) atoms. The minimum atomic E-state index is -0.649. The normalized spacial score (nSPS) is 15.6. The van der Waals surface area contributed by atoms with Crippen LogP contribution >= 0.6 is 0 Å². The Morgan fingerprint density at radius 2 is 1.76 bits per heavy atom. The predicted molar refractivity (Wildman–Crippen MR) is 131 cm³/mol. The Kier molecular flexibility index (Phi) is 10.3. The van der Waals surface area contributed by atoms with Crippen LogP contribution in [0.15, 0.2) is 30.3 Å². The van der Waals surface area contributed by atoms with E-state index in [9.17, 15) is 14.4 Å². The molecule has 2 rings (SSSR count). The highest BCUT2D eigenvalue weighted by molar-refractivity contribution is 7.95. The lowest BCUT2D eigenvalue weighted by Gasteiger charge is -2.32. The third kappa shape index (κ3) is 10.4. The quantitative estimate of drug-likeness (QED) is 0.558. The van der Waals surface area contributed by atoms with E-state index >= 15 is 0 Å². The zero-order valence-corrected chi connectivity index (χ0v) is 21.2. The molecule has 3 amide bonds. The van der Waals surface area contributed by atoms with Gasteiger partial charge in [0.1, 0.15) is 24.0 Å². The molecular weight excluding hydrogens is 442 g/mol. The molecule has 0 saturated carbocycles. The molecule has 0 aromatic heterocycles. The second kappa shape index (κ2) is 12.7. The number of amides is 3. The Hall–Kier alpha value is -2.42. The highest BCUT2D eigenvalue weighted by atomic mass is 32.2. The Balaban J connectivity index is 1.81. The molecule has 1 aliphatic rings. The van der Waals surface area contributed by atoms with Crippen molar-refractivity contribution in [2.75, 3.05) is 31.4 Å². The van der Waals surface area contributed by atoms with Gasteiger partial charge in [-0.1, -0.05) is 30.3 Å². The van der Waals surface area contributed by atoms with Crippen molar-refractivity contribution in [1.82, 2.24) is 15.5 Å². The van der Waals surface area contributed by atoms with Gasteiger partial charge in [-0.15, -0.1) is 0 Å². The van der Waals surface area contributed by atoms with Gasteiger partial charge in [-0.3, -0.25) is 4.79 Å². The molecule has 1 aliphatic heterocycles. The van der Waals surface area contributed by atoms with Crippen molar-refractivity contribution in [3.05, 3.63) is 35.9 Å². The predicted octanol–water partition coefficient (Wildman–Crippen LogP) is 3.07. The largest absolute Gasteiger partial charge is 0.445 e. The maximum absolute atomic E-state index is 12.9. The van der Waals surface area contributed by atoms with Crippen LogP contribution in [0.5, 0.6) is 0 Å². The second-order valence-electron chi connectivity index (χ2n) is 9.49. The number of nitrogens with one attached hydrogen (secondary N) is 2. The van der Waals surface area contributed by atoms with Crippen molar-refractivity contribution in [3.8, 4) is 0 Å². The smallest absolute Gasteiger partial charge is 0.410 e. The summed E-state index contributed by atoms with van der Waals surface area (Å²) in [5.41, 5.74) is 0.311. The number of hydrogen-bond acceptors (Lipinski definition) is 5. The summed E-state index contributed by atoms with van der Waals surface area (Å²) in [6.45, 7) is 6.62. The summed E-state index contributed by atoms with van der Waals surface area (Å²) in [4.78, 5) is 39.2. The van der Waals surface area contributed by atoms with Crippen LogP contribution in [0.2, 0.25) is 0 Å². The fourth-order valence-corrected chi connectivity index (χ4v) is 4.10. The Bertz CT molecular complexity index is 774. The van der Waals surface area contributed by atoms with E-state index in [0.29, 0.717) is 32.4 Å². The molecule has 1 saturated heterocycles. The summed E-state index contributed by atoms with van der Waals surface area (Å²) in [5, 5.41) is 5.77. The number of carbonyl (C=O) groups is 3. The van der Waals surface area contributed by atoms with Gasteiger partial charge in [0.15, 0.2) is 0 Å². The summed E-state index contributed by atoms with van der Waals surface area (Å²) in [7, 11) is 0.150. The van der Waals surface area contributed by atoms with E-state index in [1.807, 2.05) is 30.3 Å². The molecule has 0 spiro atoms. The molecule has 2 N–H and O–H groups in total. The Labute approximate surface area is 200 Å². The lowest BCUT2D eigenvalue weighted by Crippen LogP contribution is -2.53. The minimum Gasteiger partial charge on any atom is -0.445 e. The highest BCUT2D eigenvalue weighted by Gasteiger charge is 2.30. The van der Waals surface area contributed by atoms with Crippen molar-refractivity contribution in [3.63, 3.8) is 0 Å². The highest BCUT2D eigenvalue weighted by Crippen LogP contribution is 2.14. The maximum Gasteiger partial charge on any atom is 0.410 e. The summed E-state index contributed by atoms with van der Waals surface area (Å²) in [5.74, 6) is 0.621. The summed E-state index contributed by atoms with van der Waals surface area (Å²) < 4.78 is 10.7. The van der Waals surface area contributed by atoms with Crippen LogP contribution in [0, 0.1) is 0 Å². The van der Waals surface area contributed by atoms with E-state index in [-0.39, 0.29) is 35.5 Å². The van der Waals surface area contributed by atoms with E-state index in [1.54, 1.807) is 25.7 Å². The molecule has 9 heteroatoms. The molecular formula is C24H38N3O5S+. The Morgan fingerprint density at radius 3 is 2.33 bits per heavy atom. The van der Waals surface area contributed by atoms with Gasteiger partial charge in [-0.05, 0) is 50.1 Å². The second-order valence-corrected chi connectivity index (χ2v) is 11.9. The summed E-state index contributed by atoms with van der Waals surface area (Å²) >= 11 is 0. The lowest BCUT2D eigenvalue weighted by molar-refractivity contribution is -0.124. The van der Waals surface area contributed by atoms with Gasteiger partial charge >= 0.3 is 12.2 Å². The van der Waals surface area contributed by atoms with Crippen molar-refractivity contribution in [2.24, 2.45) is 0 Å². The van der Waals surface area contributed by atoms with Crippen molar-refractivity contribution in [2.45, 2.75) is 64.3 Å². The molecule has 184 valence electrons. The van der Waals surface area contributed by atoms with Crippen LogP contribution in [0.25, 0.3) is 0 Å². The maximum atomic E-state index is 12.9. The van der Waals surface area contributed by atoms with E-state index in [2.05, 4.69) is 23.1 Å². The zero-order valence-electron chi connectivity index (χ0n) is 20.4. The van der Waals surface area contributed by atoms with Gasteiger partial charge in [0.2, 0.25) is 5.91 Å². The number of likely N-dealkylation sites (tertiary alicyclic amines) is 1. The summed E-state index contributed by atoms with van der Waals surface area (Å²) in [6, 6.07) is 8.85. The first-order valence-electron chi connectivity index (χ1n) is 11.3. The SMILES string of the molecule is C[S+](C)CCC(NC(=O)OC(C)(C)C)C(=O)NC1CCN(C(=O)OCc2ccccc2)CC1. The average molecular weight is 481 g/mol. The fraction of sp³-hybridized carbons (Fsp3) is 0.625. The van der Waals surface area contributed by atoms with Crippen molar-refractivity contribution < 1.29 is 23.9 Å². The topological polar surface area (TPSA) is 97.0 Å². The first-order chi connectivity index (χ1) is 15.5. The van der Waals surface area contributed by atoms with Crippen LogP contribution in [0.3, 0.4) is 0 Å². The molecule has 0 bridgehead atoms. The van der Waals surface area contributed by atoms with Crippen molar-refractivity contribution in [1.29, 1.82) is 0 Å². The molecule has 1 atom stereocenters. The first kappa shape index (κ1) is 26.8. The number of hydrogen-bond donors (Lipinski definition) is 2. The molecule has 1 heterocycles. The average Bonchev–Trinajstić information content (AvgIpc) is 2.74. The molecule has 1 unspecified atom stereocenters. The fourth-order valence-electron chi connectivity index (χ4n) is 3.39. The molecule has 0 aliphatic carbocycles. The van der Waals surface area contributed by atoms with Crippen LogP contribution in [0.4, 0.5) is 9.59 Å². The van der Waals surface area contributed by atoms with E-state index in [1.165, 1.54) is 0 Å². The third-order valence-corrected chi connectivity index (χ3v) is 6.18. The minimum absolute atomic E-state index is 0.0555. The van der Waals surface area contributed by atoms with Gasteiger partial charge in [-0.25, -0.2) is 9.59 Å². The van der Waals surface area contributed by atoms with E-state index < -0.39 is 17.7 Å². The lowest BCUT2D eigenvalue weighted by atomic mass is 10.0. The van der Waals surface area contributed by atoms with E-state index in [4.69, 9.17) is 9.47 Å². The van der Waals surface area contributed by atoms with Gasteiger partial charge in [-0.2, -0.15) is 0 Å². The third-order valence-electron chi connectivity index (χ3n) is 5.13. The van der Waals surface area contributed by atoms with Crippen LogP contribution in [0.1, 0.15) is 45.6 Å². The van der Waals surface area contributed by atoms with Crippen LogP contribution in [-0.2, 0) is 31.8 Å². The zero-order chi connectivity index (χ0) is 24.4. The number of benzene rings is 1. The van der Waals surface area contributed by atoms with Crippen LogP contribution < -0.4 is 10.6 Å². The van der Waals surface area contributed by atoms with Gasteiger partial charge < -0.3 is 25.0 Å². The van der Waals surface area contributed by atoms with Gasteiger partial charge in [0.25, 0.3) is 0 Å². The summed E-state index contributed by atoms with van der Waals surface area (Å²) in [6.07, 6.45) is 5.10. The molecule has 8 nitrogen and oxygen atoms in total. The number of rotatable bonds is 8. The molecule has 1 aromatic carbocycles. The molecule has 0 radical (unpaired) electrons. The number of ether oxygens (including phenoxy) is 2. The Morgan fingerprint density at radius 1 is 1.12 bits per heavy atom. The molecule has 1 fully saturated rings. The van der Waals surface area contributed by atoms with Gasteiger partial charge in [0, 0.05) is 25.6 Å². The van der Waals surface area contributed by atoms with Crippen molar-refractivity contribution >= 4 is 29.0 Å². The first-order valence-corrected chi connectivity index (χ1v) is 13.5. The number of alkyl carbamates (subject to hydrolysis) is 1. The molecule has 1 aromatic rings. The number of nitrogens with zero attached hydrogens (tertiary/aromatic N) is 1.